The summed E-state index contributed by atoms with van der Waals surface area (Å²) in [4.78, 5) is 20.0. The third-order valence-corrected chi connectivity index (χ3v) is 3.99. The Balaban J connectivity index is 1.41. The Morgan fingerprint density at radius 2 is 2.00 bits per heavy atom. The summed E-state index contributed by atoms with van der Waals surface area (Å²) in [5.41, 5.74) is 1.12. The van der Waals surface area contributed by atoms with Crippen LogP contribution < -0.4 is 10.6 Å². The summed E-state index contributed by atoms with van der Waals surface area (Å²) in [7, 11) is 0. The molecule has 1 heterocycles. The summed E-state index contributed by atoms with van der Waals surface area (Å²) < 4.78 is 0. The van der Waals surface area contributed by atoms with Gasteiger partial charge in [-0.25, -0.2) is 9.97 Å². The molecule has 0 aliphatic heterocycles. The van der Waals surface area contributed by atoms with Crippen molar-refractivity contribution in [2.75, 3.05) is 11.9 Å². The second-order valence-corrected chi connectivity index (χ2v) is 5.69. The Labute approximate surface area is 134 Å². The zero-order valence-corrected chi connectivity index (χ0v) is 12.8. The molecule has 2 N–H and O–H groups in total. The van der Waals surface area contributed by atoms with Crippen LogP contribution in [0.25, 0.3) is 0 Å². The zero-order chi connectivity index (χ0) is 15.4. The molecular weight excluding hydrogens is 300 g/mol. The number of halogens is 1. The van der Waals surface area contributed by atoms with Crippen molar-refractivity contribution in [3.63, 3.8) is 0 Å². The Kier molecular flexibility index (Phi) is 4.53. The molecule has 1 fully saturated rings. The molecule has 1 aliphatic rings. The fourth-order valence-electron chi connectivity index (χ4n) is 2.43. The van der Waals surface area contributed by atoms with Crippen LogP contribution in [0.1, 0.15) is 24.3 Å². The topological polar surface area (TPSA) is 66.9 Å². The number of nitrogens with zero attached hydrogens (tertiary/aromatic N) is 2. The van der Waals surface area contributed by atoms with Gasteiger partial charge in [0.1, 0.15) is 0 Å². The molecular formula is C16H17ClN4O. The average molecular weight is 317 g/mol. The standard InChI is InChI=1S/C16H17ClN4O/c17-13-5-2-1-4-11(13)12-10-14(12)21-15(22)6-9-20-16-18-7-3-8-19-16/h1-5,7-8,12,14H,6,9-10H2,(H,21,22)(H,18,19,20)/t12-,14-/m1/s1. The predicted molar refractivity (Wildman–Crippen MR) is 85.9 cm³/mol. The highest BCUT2D eigenvalue weighted by molar-refractivity contribution is 6.31. The molecule has 1 saturated carbocycles. The van der Waals surface area contributed by atoms with Crippen molar-refractivity contribution in [2.45, 2.75) is 24.8 Å². The van der Waals surface area contributed by atoms with Crippen LogP contribution in [0.4, 0.5) is 5.95 Å². The monoisotopic (exact) mass is 316 g/mol. The van der Waals surface area contributed by atoms with E-state index in [9.17, 15) is 4.79 Å². The lowest BCUT2D eigenvalue weighted by Gasteiger charge is -2.07. The van der Waals surface area contributed by atoms with Crippen LogP contribution in [-0.4, -0.2) is 28.5 Å². The van der Waals surface area contributed by atoms with E-state index < -0.39 is 0 Å². The highest BCUT2D eigenvalue weighted by Crippen LogP contribution is 2.43. The van der Waals surface area contributed by atoms with E-state index >= 15 is 0 Å². The van der Waals surface area contributed by atoms with Gasteiger partial charge < -0.3 is 10.6 Å². The quantitative estimate of drug-likeness (QED) is 0.859. The number of anilines is 1. The minimum Gasteiger partial charge on any atom is -0.354 e. The SMILES string of the molecule is O=C(CCNc1ncccn1)N[C@@H]1C[C@@H]1c1ccccc1Cl. The Bertz CT molecular complexity index is 650. The van der Waals surface area contributed by atoms with Gasteiger partial charge in [0.05, 0.1) is 0 Å². The van der Waals surface area contributed by atoms with Crippen molar-refractivity contribution in [1.29, 1.82) is 0 Å². The molecule has 2 aromatic rings. The third kappa shape index (κ3) is 3.74. The summed E-state index contributed by atoms with van der Waals surface area (Å²) in [5.74, 6) is 0.904. The van der Waals surface area contributed by atoms with Crippen molar-refractivity contribution in [2.24, 2.45) is 0 Å². The van der Waals surface area contributed by atoms with Gasteiger partial charge in [-0.2, -0.15) is 0 Å². The normalized spacial score (nSPS) is 19.5. The Hall–Kier alpha value is -2.14. The van der Waals surface area contributed by atoms with E-state index in [1.54, 1.807) is 18.5 Å². The van der Waals surface area contributed by atoms with Crippen LogP contribution >= 0.6 is 11.6 Å². The average Bonchev–Trinajstić information content (AvgIpc) is 3.27. The molecule has 1 aromatic carbocycles. The first-order valence-electron chi connectivity index (χ1n) is 7.29. The Morgan fingerprint density at radius 3 is 2.77 bits per heavy atom. The lowest BCUT2D eigenvalue weighted by Crippen LogP contribution is -2.28. The second kappa shape index (κ2) is 6.75. The van der Waals surface area contributed by atoms with Crippen LogP contribution in [0, 0.1) is 0 Å². The molecule has 1 aromatic heterocycles. The highest BCUT2D eigenvalue weighted by Gasteiger charge is 2.40. The number of amides is 1. The molecule has 6 heteroatoms. The van der Waals surface area contributed by atoms with E-state index in [4.69, 9.17) is 11.6 Å². The molecule has 2 atom stereocenters. The molecule has 3 rings (SSSR count). The van der Waals surface area contributed by atoms with Gasteiger partial charge in [0.2, 0.25) is 11.9 Å². The summed E-state index contributed by atoms with van der Waals surface area (Å²) in [5, 5.41) is 6.83. The minimum atomic E-state index is 0.0305. The zero-order valence-electron chi connectivity index (χ0n) is 12.0. The fourth-order valence-corrected chi connectivity index (χ4v) is 2.71. The molecule has 0 spiro atoms. The summed E-state index contributed by atoms with van der Waals surface area (Å²) in [6.07, 6.45) is 4.66. The molecule has 5 nitrogen and oxygen atoms in total. The van der Waals surface area contributed by atoms with Gasteiger partial charge in [-0.05, 0) is 24.1 Å². The highest BCUT2D eigenvalue weighted by atomic mass is 35.5. The van der Waals surface area contributed by atoms with E-state index in [0.717, 1.165) is 17.0 Å². The third-order valence-electron chi connectivity index (χ3n) is 3.64. The summed E-state index contributed by atoms with van der Waals surface area (Å²) >= 11 is 6.18. The second-order valence-electron chi connectivity index (χ2n) is 5.29. The number of hydrogen-bond acceptors (Lipinski definition) is 4. The predicted octanol–water partition coefficient (Wildman–Crippen LogP) is 2.60. The molecule has 1 aliphatic carbocycles. The number of benzene rings is 1. The van der Waals surface area contributed by atoms with E-state index in [1.165, 1.54) is 0 Å². The maximum absolute atomic E-state index is 11.9. The van der Waals surface area contributed by atoms with E-state index in [1.807, 2.05) is 24.3 Å². The van der Waals surface area contributed by atoms with E-state index in [-0.39, 0.29) is 11.9 Å². The van der Waals surface area contributed by atoms with Crippen LogP contribution in [0.3, 0.4) is 0 Å². The summed E-state index contributed by atoms with van der Waals surface area (Å²) in [6.45, 7) is 0.513. The van der Waals surface area contributed by atoms with Crippen LogP contribution in [0.2, 0.25) is 5.02 Å². The van der Waals surface area contributed by atoms with Crippen molar-refractivity contribution in [1.82, 2.24) is 15.3 Å². The first kappa shape index (κ1) is 14.8. The number of carbonyl (C=O) groups excluding carboxylic acids is 1. The van der Waals surface area contributed by atoms with E-state index in [0.29, 0.717) is 24.8 Å². The molecule has 0 saturated heterocycles. The minimum absolute atomic E-state index is 0.0305. The number of carbonyl (C=O) groups is 1. The van der Waals surface area contributed by atoms with Gasteiger partial charge in [0.15, 0.2) is 0 Å². The van der Waals surface area contributed by atoms with Gasteiger partial charge in [0.25, 0.3) is 0 Å². The number of nitrogens with one attached hydrogen (secondary N) is 2. The van der Waals surface area contributed by atoms with Crippen molar-refractivity contribution < 1.29 is 4.79 Å². The largest absolute Gasteiger partial charge is 0.354 e. The van der Waals surface area contributed by atoms with Crippen LogP contribution in [-0.2, 0) is 4.79 Å². The molecule has 114 valence electrons. The van der Waals surface area contributed by atoms with Crippen molar-refractivity contribution >= 4 is 23.5 Å². The van der Waals surface area contributed by atoms with Gasteiger partial charge >= 0.3 is 0 Å². The summed E-state index contributed by atoms with van der Waals surface area (Å²) in [6, 6.07) is 9.74. The lowest BCUT2D eigenvalue weighted by molar-refractivity contribution is -0.121. The van der Waals surface area contributed by atoms with Gasteiger partial charge in [0, 0.05) is 42.3 Å². The van der Waals surface area contributed by atoms with Crippen LogP contribution in [0.15, 0.2) is 42.7 Å². The maximum atomic E-state index is 11.9. The number of hydrogen-bond donors (Lipinski definition) is 2. The Morgan fingerprint density at radius 1 is 1.23 bits per heavy atom. The first-order valence-corrected chi connectivity index (χ1v) is 7.66. The molecule has 0 bridgehead atoms. The number of aromatic nitrogens is 2. The van der Waals surface area contributed by atoms with Gasteiger partial charge in [-0.3, -0.25) is 4.79 Å². The molecule has 0 unspecified atom stereocenters. The van der Waals surface area contributed by atoms with Gasteiger partial charge in [-0.1, -0.05) is 29.8 Å². The molecule has 0 radical (unpaired) electrons. The molecule has 1 amide bonds. The van der Waals surface area contributed by atoms with Gasteiger partial charge in [-0.15, -0.1) is 0 Å². The van der Waals surface area contributed by atoms with Crippen molar-refractivity contribution in [3.8, 4) is 0 Å². The lowest BCUT2D eigenvalue weighted by atomic mass is 10.1. The smallest absolute Gasteiger partial charge is 0.222 e. The van der Waals surface area contributed by atoms with Crippen LogP contribution in [0.5, 0.6) is 0 Å². The first-order chi connectivity index (χ1) is 10.7. The number of rotatable bonds is 6. The van der Waals surface area contributed by atoms with E-state index in [2.05, 4.69) is 20.6 Å². The maximum Gasteiger partial charge on any atom is 0.222 e. The van der Waals surface area contributed by atoms with Crippen molar-refractivity contribution in [3.05, 3.63) is 53.3 Å². The fraction of sp³-hybridized carbons (Fsp3) is 0.312. The molecule has 22 heavy (non-hydrogen) atoms.